The van der Waals surface area contributed by atoms with Gasteiger partial charge in [-0.1, -0.05) is 25.9 Å². The molecule has 0 spiro atoms. The van der Waals surface area contributed by atoms with Gasteiger partial charge in [-0.25, -0.2) is 0 Å². The molecule has 2 bridgehead atoms. The summed E-state index contributed by atoms with van der Waals surface area (Å²) in [4.78, 5) is 7.82. The molecule has 1 saturated heterocycles. The second-order valence-corrected chi connectivity index (χ2v) is 8.96. The van der Waals surface area contributed by atoms with E-state index >= 15 is 0 Å². The molecule has 0 aromatic carbocycles. The Labute approximate surface area is 146 Å². The Balaban J connectivity index is 1.48. The van der Waals surface area contributed by atoms with Crippen LogP contribution in [0.3, 0.4) is 0 Å². The van der Waals surface area contributed by atoms with Crippen LogP contribution in [0.15, 0.2) is 5.16 Å². The molecule has 5 atom stereocenters. The van der Waals surface area contributed by atoms with E-state index in [-0.39, 0.29) is 24.2 Å². The van der Waals surface area contributed by atoms with E-state index in [1.807, 2.05) is 0 Å². The molecule has 3 fully saturated rings. The fourth-order valence-electron chi connectivity index (χ4n) is 5.05. The minimum atomic E-state index is -0.508. The van der Waals surface area contributed by atoms with Crippen molar-refractivity contribution >= 4 is 5.71 Å². The molecule has 5 heteroatoms. The highest BCUT2D eigenvalue weighted by Gasteiger charge is 2.60. The fourth-order valence-corrected chi connectivity index (χ4v) is 5.05. The molecule has 138 valence electrons. The number of morpholine rings is 1. The van der Waals surface area contributed by atoms with Gasteiger partial charge in [0.15, 0.2) is 0 Å². The lowest BCUT2D eigenvalue weighted by Gasteiger charge is -2.36. The van der Waals surface area contributed by atoms with Crippen molar-refractivity contribution in [2.75, 3.05) is 26.2 Å². The maximum atomic E-state index is 10.3. The van der Waals surface area contributed by atoms with Crippen molar-refractivity contribution in [1.29, 1.82) is 0 Å². The standard InChI is InChI=1S/C19H34N2O3/c1-13-9-21(10-14(2)24-13)11-16(22)12-23-20-17-8-15-6-7-19(17,5)18(15,3)4/h13-16,22H,6-12H2,1-5H3/b20-17-. The number of fused-ring (bicyclic) bond motifs is 2. The molecule has 3 aliphatic rings. The van der Waals surface area contributed by atoms with Crippen LogP contribution in [-0.4, -0.2) is 60.3 Å². The Morgan fingerprint density at radius 1 is 1.29 bits per heavy atom. The highest BCUT2D eigenvalue weighted by Crippen LogP contribution is 2.63. The van der Waals surface area contributed by atoms with Gasteiger partial charge in [0.2, 0.25) is 0 Å². The van der Waals surface area contributed by atoms with Crippen molar-refractivity contribution in [2.45, 2.75) is 72.2 Å². The number of oxime groups is 1. The minimum Gasteiger partial charge on any atom is -0.393 e. The molecule has 0 radical (unpaired) electrons. The number of aliphatic hydroxyl groups excluding tert-OH is 1. The van der Waals surface area contributed by atoms with Crippen LogP contribution in [0, 0.1) is 16.7 Å². The average molecular weight is 338 g/mol. The molecule has 1 aliphatic heterocycles. The first kappa shape index (κ1) is 18.2. The second kappa shape index (κ2) is 6.58. The molecule has 2 aliphatic carbocycles. The SMILES string of the molecule is CC1CN(CC(O)CO/N=C2/CC3CCC2(C)C3(C)C)CC(C)O1. The number of rotatable bonds is 5. The molecule has 5 nitrogen and oxygen atoms in total. The number of aliphatic hydroxyl groups is 1. The number of hydrogen-bond donors (Lipinski definition) is 1. The maximum absolute atomic E-state index is 10.3. The first-order valence-electron chi connectivity index (χ1n) is 9.47. The van der Waals surface area contributed by atoms with Crippen LogP contribution in [0.1, 0.15) is 53.9 Å². The summed E-state index contributed by atoms with van der Waals surface area (Å²) in [6, 6.07) is 0. The van der Waals surface area contributed by atoms with Gasteiger partial charge in [-0.15, -0.1) is 0 Å². The van der Waals surface area contributed by atoms with E-state index in [1.54, 1.807) is 0 Å². The van der Waals surface area contributed by atoms with Crippen LogP contribution >= 0.6 is 0 Å². The summed E-state index contributed by atoms with van der Waals surface area (Å²) < 4.78 is 5.73. The lowest BCUT2D eigenvalue weighted by atomic mass is 9.70. The Hall–Kier alpha value is -0.650. The van der Waals surface area contributed by atoms with E-state index in [0.717, 1.165) is 25.4 Å². The van der Waals surface area contributed by atoms with E-state index in [2.05, 4.69) is 44.7 Å². The van der Waals surface area contributed by atoms with Crippen LogP contribution in [0.25, 0.3) is 0 Å². The monoisotopic (exact) mass is 338 g/mol. The summed E-state index contributed by atoms with van der Waals surface area (Å²) >= 11 is 0. The number of nitrogens with zero attached hydrogens (tertiary/aromatic N) is 2. The van der Waals surface area contributed by atoms with Gasteiger partial charge in [0.25, 0.3) is 0 Å². The molecule has 0 amide bonds. The van der Waals surface area contributed by atoms with E-state index in [0.29, 0.717) is 12.0 Å². The molecule has 5 unspecified atom stereocenters. The molecule has 1 heterocycles. The number of β-amino-alcohol motifs (C(OH)–C–C–N with tert-alkyl or cyclic N) is 1. The highest BCUT2D eigenvalue weighted by atomic mass is 16.6. The first-order valence-corrected chi connectivity index (χ1v) is 9.47. The Morgan fingerprint density at radius 2 is 1.96 bits per heavy atom. The number of hydrogen-bond acceptors (Lipinski definition) is 5. The molecular formula is C19H34N2O3. The van der Waals surface area contributed by atoms with Crippen LogP contribution in [0.5, 0.6) is 0 Å². The van der Waals surface area contributed by atoms with Crippen molar-refractivity contribution in [3.63, 3.8) is 0 Å². The van der Waals surface area contributed by atoms with Crippen LogP contribution < -0.4 is 0 Å². The van der Waals surface area contributed by atoms with Crippen molar-refractivity contribution in [3.05, 3.63) is 0 Å². The number of ether oxygens (including phenoxy) is 1. The van der Waals surface area contributed by atoms with Gasteiger partial charge < -0.3 is 14.7 Å². The van der Waals surface area contributed by atoms with Gasteiger partial charge >= 0.3 is 0 Å². The van der Waals surface area contributed by atoms with E-state index in [9.17, 15) is 5.11 Å². The second-order valence-electron chi connectivity index (χ2n) is 8.96. The van der Waals surface area contributed by atoms with Gasteiger partial charge in [0, 0.05) is 25.0 Å². The molecular weight excluding hydrogens is 304 g/mol. The van der Waals surface area contributed by atoms with Crippen molar-refractivity contribution in [1.82, 2.24) is 4.90 Å². The van der Waals surface area contributed by atoms with Gasteiger partial charge in [0.1, 0.15) is 12.7 Å². The lowest BCUT2D eigenvalue weighted by molar-refractivity contribution is -0.0819. The summed E-state index contributed by atoms with van der Waals surface area (Å²) in [5.74, 6) is 0.728. The van der Waals surface area contributed by atoms with Crippen LogP contribution in [0.2, 0.25) is 0 Å². The highest BCUT2D eigenvalue weighted by molar-refractivity contribution is 5.93. The van der Waals surface area contributed by atoms with Gasteiger partial charge in [-0.05, 0) is 44.4 Å². The van der Waals surface area contributed by atoms with E-state index in [1.165, 1.54) is 18.6 Å². The molecule has 1 N–H and O–H groups in total. The Kier molecular flexibility index (Phi) is 4.98. The molecule has 24 heavy (non-hydrogen) atoms. The molecule has 3 rings (SSSR count). The zero-order chi connectivity index (χ0) is 17.5. The summed E-state index contributed by atoms with van der Waals surface area (Å²) in [7, 11) is 0. The molecule has 2 saturated carbocycles. The zero-order valence-corrected chi connectivity index (χ0v) is 15.9. The van der Waals surface area contributed by atoms with E-state index in [4.69, 9.17) is 9.57 Å². The summed E-state index contributed by atoms with van der Waals surface area (Å²) in [6.45, 7) is 13.8. The normalized spacial score (nSPS) is 41.8. The summed E-state index contributed by atoms with van der Waals surface area (Å²) in [6.07, 6.45) is 3.50. The fraction of sp³-hybridized carbons (Fsp3) is 0.947. The third-order valence-corrected chi connectivity index (χ3v) is 6.92. The smallest absolute Gasteiger partial charge is 0.144 e. The zero-order valence-electron chi connectivity index (χ0n) is 15.9. The van der Waals surface area contributed by atoms with Crippen molar-refractivity contribution in [2.24, 2.45) is 21.9 Å². The maximum Gasteiger partial charge on any atom is 0.144 e. The molecule has 0 aromatic rings. The Bertz CT molecular complexity index is 483. The lowest BCUT2D eigenvalue weighted by Crippen LogP contribution is -2.48. The predicted molar refractivity (Wildman–Crippen MR) is 95.1 cm³/mol. The van der Waals surface area contributed by atoms with Gasteiger partial charge in [-0.2, -0.15) is 0 Å². The summed E-state index contributed by atoms with van der Waals surface area (Å²) in [5, 5.41) is 14.7. The topological polar surface area (TPSA) is 54.3 Å². The van der Waals surface area contributed by atoms with Crippen molar-refractivity contribution < 1.29 is 14.7 Å². The van der Waals surface area contributed by atoms with Gasteiger partial charge in [0.05, 0.1) is 17.9 Å². The molecule has 0 aromatic heterocycles. The largest absolute Gasteiger partial charge is 0.393 e. The summed E-state index contributed by atoms with van der Waals surface area (Å²) in [5.41, 5.74) is 1.68. The Morgan fingerprint density at radius 3 is 2.50 bits per heavy atom. The average Bonchev–Trinajstić information content (AvgIpc) is 2.79. The van der Waals surface area contributed by atoms with E-state index < -0.39 is 6.10 Å². The quantitative estimate of drug-likeness (QED) is 0.783. The third-order valence-electron chi connectivity index (χ3n) is 6.92. The minimum absolute atomic E-state index is 0.164. The van der Waals surface area contributed by atoms with Crippen LogP contribution in [0.4, 0.5) is 0 Å². The van der Waals surface area contributed by atoms with Crippen LogP contribution in [-0.2, 0) is 9.57 Å². The predicted octanol–water partition coefficient (Wildman–Crippen LogP) is 2.68. The first-order chi connectivity index (χ1) is 11.2. The van der Waals surface area contributed by atoms with Gasteiger partial charge in [-0.3, -0.25) is 4.90 Å². The third kappa shape index (κ3) is 3.23. The van der Waals surface area contributed by atoms with Crippen molar-refractivity contribution in [3.8, 4) is 0 Å².